The zero-order chi connectivity index (χ0) is 28.0. The molecule has 8 nitrogen and oxygen atoms in total. The molecular formula is C31H25ClN2O6. The first-order valence-corrected chi connectivity index (χ1v) is 13.6. The van der Waals surface area contributed by atoms with Crippen LogP contribution in [0.5, 0.6) is 5.75 Å². The third-order valence-electron chi connectivity index (χ3n) is 8.17. The number of carbonyl (C=O) groups excluding carboxylic acids is 5. The van der Waals surface area contributed by atoms with Gasteiger partial charge in [-0.05, 0) is 79.6 Å². The zero-order valence-corrected chi connectivity index (χ0v) is 22.1. The van der Waals surface area contributed by atoms with Gasteiger partial charge in [0.05, 0.1) is 28.0 Å². The van der Waals surface area contributed by atoms with Gasteiger partial charge in [-0.3, -0.25) is 19.2 Å². The SMILES string of the molecule is O=C(CN(C(=O)c1ccccc1Cl)N1C(=O)[C@@H]2[C@H]3CC[C@@H](C3)[C@H]2C1=O)c1ccc(OC(=O)c2ccccc2)cc1. The van der Waals surface area contributed by atoms with Crippen LogP contribution in [0.1, 0.15) is 50.3 Å². The Hall–Kier alpha value is -4.30. The van der Waals surface area contributed by atoms with Gasteiger partial charge in [0.25, 0.3) is 17.7 Å². The number of amides is 3. The smallest absolute Gasteiger partial charge is 0.343 e. The summed E-state index contributed by atoms with van der Waals surface area (Å²) in [5.41, 5.74) is 0.686. The number of carbonyl (C=O) groups is 5. The van der Waals surface area contributed by atoms with E-state index in [4.69, 9.17) is 16.3 Å². The summed E-state index contributed by atoms with van der Waals surface area (Å²) in [4.78, 5) is 66.6. The van der Waals surface area contributed by atoms with Crippen molar-refractivity contribution >= 4 is 41.1 Å². The number of imide groups is 1. The van der Waals surface area contributed by atoms with Gasteiger partial charge in [0.15, 0.2) is 5.78 Å². The van der Waals surface area contributed by atoms with Crippen molar-refractivity contribution in [2.75, 3.05) is 6.54 Å². The van der Waals surface area contributed by atoms with E-state index in [9.17, 15) is 24.0 Å². The van der Waals surface area contributed by atoms with Crippen molar-refractivity contribution in [2.24, 2.45) is 23.7 Å². The number of hydrazine groups is 1. The minimum Gasteiger partial charge on any atom is -0.423 e. The number of rotatable bonds is 7. The first-order valence-electron chi connectivity index (χ1n) is 13.2. The normalized spacial score (nSPS) is 22.8. The van der Waals surface area contributed by atoms with Gasteiger partial charge < -0.3 is 4.74 Å². The number of halogens is 1. The molecule has 2 bridgehead atoms. The predicted octanol–water partition coefficient (Wildman–Crippen LogP) is 4.83. The van der Waals surface area contributed by atoms with E-state index in [1.165, 1.54) is 36.4 Å². The highest BCUT2D eigenvalue weighted by molar-refractivity contribution is 6.34. The van der Waals surface area contributed by atoms with Gasteiger partial charge >= 0.3 is 5.97 Å². The molecule has 3 amide bonds. The molecule has 1 heterocycles. The molecular weight excluding hydrogens is 532 g/mol. The molecule has 40 heavy (non-hydrogen) atoms. The van der Waals surface area contributed by atoms with E-state index in [-0.39, 0.29) is 33.7 Å². The highest BCUT2D eigenvalue weighted by atomic mass is 35.5. The molecule has 3 aliphatic rings. The molecule has 0 spiro atoms. The van der Waals surface area contributed by atoms with Gasteiger partial charge in [0.2, 0.25) is 0 Å². The Morgan fingerprint density at radius 2 is 1.40 bits per heavy atom. The lowest BCUT2D eigenvalue weighted by Crippen LogP contribution is -2.52. The van der Waals surface area contributed by atoms with E-state index in [2.05, 4.69) is 0 Å². The number of benzene rings is 3. The standard InChI is InChI=1S/C31H25ClN2O6/c32-24-9-5-4-8-23(24)28(36)33(34-29(37)26-20-10-11-21(16-20)27(26)30(34)38)17-25(35)18-12-14-22(15-13-18)40-31(39)19-6-2-1-3-7-19/h1-9,12-15,20-21,26-27H,10-11,16-17H2/t20-,21-,26+,27+/m0/s1. The average molecular weight is 557 g/mol. The van der Waals surface area contributed by atoms with Crippen LogP contribution in [0.25, 0.3) is 0 Å². The van der Waals surface area contributed by atoms with E-state index in [1.54, 1.807) is 42.5 Å². The van der Waals surface area contributed by atoms with Crippen LogP contribution >= 0.6 is 11.6 Å². The van der Waals surface area contributed by atoms with Crippen LogP contribution in [0.15, 0.2) is 78.9 Å². The molecule has 0 radical (unpaired) electrons. The summed E-state index contributed by atoms with van der Waals surface area (Å²) in [6, 6.07) is 20.7. The van der Waals surface area contributed by atoms with E-state index >= 15 is 0 Å². The second kappa shape index (κ2) is 10.4. The minimum atomic E-state index is -0.707. The Balaban J connectivity index is 1.25. The Morgan fingerprint density at radius 3 is 2.02 bits per heavy atom. The molecule has 202 valence electrons. The van der Waals surface area contributed by atoms with Gasteiger partial charge in [0, 0.05) is 5.56 Å². The van der Waals surface area contributed by atoms with Gasteiger partial charge in [-0.1, -0.05) is 41.9 Å². The quantitative estimate of drug-likeness (QED) is 0.179. The number of esters is 1. The number of nitrogens with zero attached hydrogens (tertiary/aromatic N) is 2. The zero-order valence-electron chi connectivity index (χ0n) is 21.4. The Kier molecular flexibility index (Phi) is 6.72. The fourth-order valence-electron chi connectivity index (χ4n) is 6.31. The van der Waals surface area contributed by atoms with Crippen molar-refractivity contribution < 1.29 is 28.7 Å². The topological polar surface area (TPSA) is 101 Å². The molecule has 2 saturated carbocycles. The molecule has 1 saturated heterocycles. The Labute approximate surface area is 235 Å². The van der Waals surface area contributed by atoms with Crippen LogP contribution in [0.3, 0.4) is 0 Å². The molecule has 6 rings (SSSR count). The maximum atomic E-state index is 13.7. The maximum absolute atomic E-state index is 13.7. The van der Waals surface area contributed by atoms with Crippen LogP contribution in [-0.2, 0) is 9.59 Å². The lowest BCUT2D eigenvalue weighted by atomic mass is 9.81. The number of Topliss-reactive ketones (excluding diaryl/α,β-unsaturated/α-hetero) is 1. The molecule has 1 aliphatic heterocycles. The summed E-state index contributed by atoms with van der Waals surface area (Å²) in [6.07, 6.45) is 2.62. The van der Waals surface area contributed by atoms with Crippen LogP contribution in [0.2, 0.25) is 5.02 Å². The number of hydrogen-bond acceptors (Lipinski definition) is 6. The number of ether oxygens (including phenoxy) is 1. The fraction of sp³-hybridized carbons (Fsp3) is 0.258. The second-order valence-electron chi connectivity index (χ2n) is 10.4. The molecule has 3 aromatic carbocycles. The molecule has 0 aromatic heterocycles. The summed E-state index contributed by atoms with van der Waals surface area (Å²) in [5.74, 6) is -3.04. The van der Waals surface area contributed by atoms with Crippen molar-refractivity contribution in [3.05, 3.63) is 101 Å². The molecule has 2 aliphatic carbocycles. The van der Waals surface area contributed by atoms with E-state index < -0.39 is 47.9 Å². The van der Waals surface area contributed by atoms with Crippen molar-refractivity contribution in [3.63, 3.8) is 0 Å². The van der Waals surface area contributed by atoms with Crippen LogP contribution in [0, 0.1) is 23.7 Å². The number of ketones is 1. The van der Waals surface area contributed by atoms with Crippen molar-refractivity contribution in [1.82, 2.24) is 10.0 Å². The summed E-state index contributed by atoms with van der Waals surface area (Å²) >= 11 is 6.29. The molecule has 0 N–H and O–H groups in total. The average Bonchev–Trinajstić information content (AvgIpc) is 3.66. The van der Waals surface area contributed by atoms with Gasteiger partial charge in [-0.25, -0.2) is 9.80 Å². The number of fused-ring (bicyclic) bond motifs is 5. The third-order valence-corrected chi connectivity index (χ3v) is 8.50. The van der Waals surface area contributed by atoms with Crippen molar-refractivity contribution in [2.45, 2.75) is 19.3 Å². The highest BCUT2D eigenvalue weighted by Gasteiger charge is 2.62. The lowest BCUT2D eigenvalue weighted by Gasteiger charge is -2.31. The monoisotopic (exact) mass is 556 g/mol. The van der Waals surface area contributed by atoms with Gasteiger partial charge in [-0.15, -0.1) is 0 Å². The first kappa shape index (κ1) is 26.0. The van der Waals surface area contributed by atoms with Crippen LogP contribution < -0.4 is 4.74 Å². The first-order chi connectivity index (χ1) is 19.3. The van der Waals surface area contributed by atoms with Gasteiger partial charge in [-0.2, -0.15) is 5.01 Å². The largest absolute Gasteiger partial charge is 0.423 e. The molecule has 9 heteroatoms. The van der Waals surface area contributed by atoms with E-state index in [0.29, 0.717) is 5.56 Å². The van der Waals surface area contributed by atoms with Crippen LogP contribution in [-0.4, -0.2) is 46.0 Å². The maximum Gasteiger partial charge on any atom is 0.343 e. The molecule has 3 fully saturated rings. The lowest BCUT2D eigenvalue weighted by molar-refractivity contribution is -0.155. The molecule has 0 unspecified atom stereocenters. The third kappa shape index (κ3) is 4.48. The van der Waals surface area contributed by atoms with Crippen LogP contribution in [0.4, 0.5) is 0 Å². The second-order valence-corrected chi connectivity index (χ2v) is 10.8. The number of hydrogen-bond donors (Lipinski definition) is 0. The summed E-state index contributed by atoms with van der Waals surface area (Å²) in [5, 5.41) is 1.98. The highest BCUT2D eigenvalue weighted by Crippen LogP contribution is 2.56. The summed E-state index contributed by atoms with van der Waals surface area (Å²) in [7, 11) is 0. The fourth-order valence-corrected chi connectivity index (χ4v) is 6.53. The molecule has 3 aromatic rings. The summed E-state index contributed by atoms with van der Waals surface area (Å²) < 4.78 is 5.38. The predicted molar refractivity (Wildman–Crippen MR) is 144 cm³/mol. The van der Waals surface area contributed by atoms with E-state index in [0.717, 1.165) is 29.3 Å². The summed E-state index contributed by atoms with van der Waals surface area (Å²) in [6.45, 7) is -0.542. The van der Waals surface area contributed by atoms with Crippen molar-refractivity contribution in [1.29, 1.82) is 0 Å². The van der Waals surface area contributed by atoms with Gasteiger partial charge in [0.1, 0.15) is 12.3 Å². The van der Waals surface area contributed by atoms with Crippen molar-refractivity contribution in [3.8, 4) is 5.75 Å². The Morgan fingerprint density at radius 1 is 0.800 bits per heavy atom. The van der Waals surface area contributed by atoms with E-state index in [1.807, 2.05) is 0 Å². The Bertz CT molecular complexity index is 1490. The minimum absolute atomic E-state index is 0.0840. The molecule has 4 atom stereocenters.